The van der Waals surface area contributed by atoms with E-state index in [9.17, 15) is 14.0 Å². The van der Waals surface area contributed by atoms with E-state index in [1.54, 1.807) is 41.3 Å². The molecule has 0 saturated carbocycles. The summed E-state index contributed by atoms with van der Waals surface area (Å²) in [6.45, 7) is 0.908. The summed E-state index contributed by atoms with van der Waals surface area (Å²) < 4.78 is 12.8. The molecule has 1 fully saturated rings. The van der Waals surface area contributed by atoms with Gasteiger partial charge in [0.05, 0.1) is 0 Å². The zero-order valence-corrected chi connectivity index (χ0v) is 12.5. The van der Waals surface area contributed by atoms with Crippen molar-refractivity contribution in [1.29, 1.82) is 0 Å². The molecular formula is C18H17FN2O2. The average Bonchev–Trinajstić information content (AvgIpc) is 2.54. The van der Waals surface area contributed by atoms with E-state index >= 15 is 0 Å². The number of rotatable bonds is 4. The van der Waals surface area contributed by atoms with Gasteiger partial charge in [0, 0.05) is 18.7 Å². The molecule has 3 rings (SSSR count). The molecule has 0 unspecified atom stereocenters. The quantitative estimate of drug-likeness (QED) is 0.942. The van der Waals surface area contributed by atoms with E-state index in [0.717, 1.165) is 5.56 Å². The van der Waals surface area contributed by atoms with Crippen LogP contribution in [0.25, 0.3) is 0 Å². The van der Waals surface area contributed by atoms with Crippen LogP contribution in [-0.4, -0.2) is 29.3 Å². The van der Waals surface area contributed by atoms with Gasteiger partial charge in [0.1, 0.15) is 11.9 Å². The molecule has 5 heteroatoms. The van der Waals surface area contributed by atoms with E-state index in [-0.39, 0.29) is 17.6 Å². The maximum atomic E-state index is 12.8. The molecule has 2 aromatic carbocycles. The maximum absolute atomic E-state index is 12.8. The molecule has 0 radical (unpaired) electrons. The first-order valence-corrected chi connectivity index (χ1v) is 7.53. The Balaban J connectivity index is 1.57. The largest absolute Gasteiger partial charge is 0.350 e. The van der Waals surface area contributed by atoms with Gasteiger partial charge in [0.25, 0.3) is 5.91 Å². The van der Waals surface area contributed by atoms with E-state index < -0.39 is 6.04 Å². The first-order valence-electron chi connectivity index (χ1n) is 7.53. The number of hydrogen-bond acceptors (Lipinski definition) is 2. The second-order valence-corrected chi connectivity index (χ2v) is 5.51. The Hall–Kier alpha value is -2.69. The highest BCUT2D eigenvalue weighted by Crippen LogP contribution is 2.21. The van der Waals surface area contributed by atoms with Crippen molar-refractivity contribution in [3.05, 3.63) is 71.5 Å². The molecule has 2 aromatic rings. The Labute approximate surface area is 133 Å². The van der Waals surface area contributed by atoms with E-state index in [2.05, 4.69) is 5.32 Å². The molecule has 1 N–H and O–H groups in total. The van der Waals surface area contributed by atoms with E-state index in [4.69, 9.17) is 0 Å². The van der Waals surface area contributed by atoms with Crippen molar-refractivity contribution in [3.63, 3.8) is 0 Å². The number of carbonyl (C=O) groups excluding carboxylic acids is 2. The summed E-state index contributed by atoms with van der Waals surface area (Å²) in [5.41, 5.74) is 1.41. The van der Waals surface area contributed by atoms with Crippen molar-refractivity contribution in [1.82, 2.24) is 10.2 Å². The Bertz CT molecular complexity index is 701. The highest BCUT2D eigenvalue weighted by molar-refractivity contribution is 5.98. The van der Waals surface area contributed by atoms with Gasteiger partial charge in [-0.25, -0.2) is 4.39 Å². The van der Waals surface area contributed by atoms with Crippen LogP contribution >= 0.6 is 0 Å². The first kappa shape index (κ1) is 15.2. The van der Waals surface area contributed by atoms with Crippen molar-refractivity contribution in [2.45, 2.75) is 19.0 Å². The molecule has 23 heavy (non-hydrogen) atoms. The number of nitrogens with zero attached hydrogens (tertiary/aromatic N) is 1. The second kappa shape index (κ2) is 6.60. The number of amides is 2. The van der Waals surface area contributed by atoms with Crippen LogP contribution < -0.4 is 5.32 Å². The lowest BCUT2D eigenvalue weighted by molar-refractivity contribution is -0.129. The van der Waals surface area contributed by atoms with Gasteiger partial charge in [0.15, 0.2) is 0 Å². The normalized spacial score (nSPS) is 16.6. The lowest BCUT2D eigenvalue weighted by atomic mass is 10.00. The predicted molar refractivity (Wildman–Crippen MR) is 84.1 cm³/mol. The fourth-order valence-corrected chi connectivity index (χ4v) is 2.56. The summed E-state index contributed by atoms with van der Waals surface area (Å²) in [7, 11) is 0. The van der Waals surface area contributed by atoms with Gasteiger partial charge < -0.3 is 10.2 Å². The monoisotopic (exact) mass is 312 g/mol. The van der Waals surface area contributed by atoms with Gasteiger partial charge in [-0.1, -0.05) is 30.3 Å². The minimum Gasteiger partial charge on any atom is -0.350 e. The van der Waals surface area contributed by atoms with Crippen LogP contribution in [0.2, 0.25) is 0 Å². The van der Waals surface area contributed by atoms with Gasteiger partial charge >= 0.3 is 0 Å². The molecule has 1 heterocycles. The third-order valence-corrected chi connectivity index (χ3v) is 3.98. The second-order valence-electron chi connectivity index (χ2n) is 5.51. The molecule has 1 aliphatic rings. The molecule has 0 spiro atoms. The SMILES string of the molecule is O=C(NCc1ccc(F)cc1)[C@@H]1CCN1C(=O)c1ccccc1. The first-order chi connectivity index (χ1) is 11.1. The molecule has 4 nitrogen and oxygen atoms in total. The molecular weight excluding hydrogens is 295 g/mol. The van der Waals surface area contributed by atoms with Crippen molar-refractivity contribution in [2.24, 2.45) is 0 Å². The van der Waals surface area contributed by atoms with Crippen LogP contribution in [0.4, 0.5) is 4.39 Å². The zero-order chi connectivity index (χ0) is 16.2. The summed E-state index contributed by atoms with van der Waals surface area (Å²) in [6.07, 6.45) is 0.661. The number of halogens is 1. The maximum Gasteiger partial charge on any atom is 0.254 e. The molecule has 118 valence electrons. The van der Waals surface area contributed by atoms with Crippen LogP contribution in [0, 0.1) is 5.82 Å². The number of hydrogen-bond donors (Lipinski definition) is 1. The van der Waals surface area contributed by atoms with Crippen LogP contribution in [0.3, 0.4) is 0 Å². The zero-order valence-electron chi connectivity index (χ0n) is 12.5. The van der Waals surface area contributed by atoms with Crippen molar-refractivity contribution in [3.8, 4) is 0 Å². The molecule has 1 aliphatic heterocycles. The fraction of sp³-hybridized carbons (Fsp3) is 0.222. The lowest BCUT2D eigenvalue weighted by Crippen LogP contribution is -2.58. The molecule has 0 aliphatic carbocycles. The summed E-state index contributed by atoms with van der Waals surface area (Å²) >= 11 is 0. The summed E-state index contributed by atoms with van der Waals surface area (Å²) in [5.74, 6) is -0.609. The standard InChI is InChI=1S/C18H17FN2O2/c19-15-8-6-13(7-9-15)12-20-17(22)16-10-11-21(16)18(23)14-4-2-1-3-5-14/h1-9,16H,10-12H2,(H,20,22)/t16-/m0/s1. The van der Waals surface area contributed by atoms with E-state index in [1.165, 1.54) is 12.1 Å². The lowest BCUT2D eigenvalue weighted by Gasteiger charge is -2.39. The average molecular weight is 312 g/mol. The molecule has 1 atom stereocenters. The molecule has 2 amide bonds. The third kappa shape index (κ3) is 3.39. The Kier molecular flexibility index (Phi) is 4.37. The Morgan fingerprint density at radius 3 is 2.39 bits per heavy atom. The number of likely N-dealkylation sites (tertiary alicyclic amines) is 1. The molecule has 0 aromatic heterocycles. The van der Waals surface area contributed by atoms with Gasteiger partial charge in [-0.15, -0.1) is 0 Å². The van der Waals surface area contributed by atoms with E-state index in [0.29, 0.717) is 25.1 Å². The minimum absolute atomic E-state index is 0.126. The number of nitrogens with one attached hydrogen (secondary N) is 1. The number of benzene rings is 2. The van der Waals surface area contributed by atoms with Gasteiger partial charge in [-0.3, -0.25) is 9.59 Å². The van der Waals surface area contributed by atoms with E-state index in [1.807, 2.05) is 6.07 Å². The minimum atomic E-state index is -0.428. The van der Waals surface area contributed by atoms with Crippen LogP contribution in [0.5, 0.6) is 0 Å². The fourth-order valence-electron chi connectivity index (χ4n) is 2.56. The predicted octanol–water partition coefficient (Wildman–Crippen LogP) is 2.36. The highest BCUT2D eigenvalue weighted by atomic mass is 19.1. The summed E-state index contributed by atoms with van der Waals surface area (Å²) in [4.78, 5) is 26.2. The van der Waals surface area contributed by atoms with Gasteiger partial charge in [0.2, 0.25) is 5.91 Å². The van der Waals surface area contributed by atoms with Crippen molar-refractivity contribution < 1.29 is 14.0 Å². The molecule has 1 saturated heterocycles. The van der Waals surface area contributed by atoms with Gasteiger partial charge in [-0.05, 0) is 36.2 Å². The Morgan fingerprint density at radius 2 is 1.78 bits per heavy atom. The summed E-state index contributed by atoms with van der Waals surface area (Å²) in [6, 6.07) is 14.5. The van der Waals surface area contributed by atoms with Crippen LogP contribution in [0.15, 0.2) is 54.6 Å². The van der Waals surface area contributed by atoms with Crippen LogP contribution in [0.1, 0.15) is 22.3 Å². The third-order valence-electron chi connectivity index (χ3n) is 3.98. The highest BCUT2D eigenvalue weighted by Gasteiger charge is 2.37. The Morgan fingerprint density at radius 1 is 1.09 bits per heavy atom. The number of carbonyl (C=O) groups is 2. The van der Waals surface area contributed by atoms with Gasteiger partial charge in [-0.2, -0.15) is 0 Å². The summed E-state index contributed by atoms with van der Waals surface area (Å²) in [5, 5.41) is 2.80. The van der Waals surface area contributed by atoms with Crippen molar-refractivity contribution in [2.75, 3.05) is 6.54 Å². The smallest absolute Gasteiger partial charge is 0.254 e. The van der Waals surface area contributed by atoms with Crippen molar-refractivity contribution >= 4 is 11.8 Å². The topological polar surface area (TPSA) is 49.4 Å². The van der Waals surface area contributed by atoms with Crippen LogP contribution in [-0.2, 0) is 11.3 Å². The molecule has 0 bridgehead atoms.